The van der Waals surface area contributed by atoms with Crippen molar-refractivity contribution in [1.82, 2.24) is 4.90 Å². The number of likely N-dealkylation sites (tertiary alicyclic amines) is 1. The number of benzene rings is 1. The van der Waals surface area contributed by atoms with Gasteiger partial charge in [-0.2, -0.15) is 0 Å². The molecule has 1 aliphatic heterocycles. The molecule has 0 radical (unpaired) electrons. The molecule has 1 fully saturated rings. The largest absolute Gasteiger partial charge is 0.394 e. The molecule has 18 heavy (non-hydrogen) atoms. The Bertz CT molecular complexity index is 451. The van der Waals surface area contributed by atoms with E-state index in [1.54, 1.807) is 23.1 Å². The maximum Gasteiger partial charge on any atom is 0.227 e. The first-order chi connectivity index (χ1) is 8.61. The Morgan fingerprint density at radius 2 is 2.17 bits per heavy atom. The Morgan fingerprint density at radius 1 is 1.39 bits per heavy atom. The maximum atomic E-state index is 12.1. The van der Waals surface area contributed by atoms with Gasteiger partial charge in [-0.05, 0) is 30.5 Å². The predicted molar refractivity (Wildman–Crippen MR) is 72.0 cm³/mol. The van der Waals surface area contributed by atoms with E-state index in [4.69, 9.17) is 23.2 Å². The lowest BCUT2D eigenvalue weighted by Crippen LogP contribution is -2.38. The van der Waals surface area contributed by atoms with Gasteiger partial charge in [-0.15, -0.1) is 0 Å². The van der Waals surface area contributed by atoms with Crippen LogP contribution in [0, 0.1) is 0 Å². The molecule has 98 valence electrons. The van der Waals surface area contributed by atoms with Crippen molar-refractivity contribution in [2.75, 3.05) is 13.2 Å². The third-order valence-electron chi connectivity index (χ3n) is 3.25. The molecule has 1 saturated heterocycles. The predicted octanol–water partition coefficient (Wildman–Crippen LogP) is 2.52. The van der Waals surface area contributed by atoms with Crippen LogP contribution < -0.4 is 0 Å². The first-order valence-electron chi connectivity index (χ1n) is 5.96. The van der Waals surface area contributed by atoms with Crippen molar-refractivity contribution in [1.29, 1.82) is 0 Å². The fraction of sp³-hybridized carbons (Fsp3) is 0.462. The van der Waals surface area contributed by atoms with Crippen LogP contribution in [0.5, 0.6) is 0 Å². The lowest BCUT2D eigenvalue weighted by Gasteiger charge is -2.23. The summed E-state index contributed by atoms with van der Waals surface area (Å²) in [6.07, 6.45) is 2.13. The van der Waals surface area contributed by atoms with Crippen LogP contribution in [0.3, 0.4) is 0 Å². The molecule has 0 unspecified atom stereocenters. The fourth-order valence-corrected chi connectivity index (χ4v) is 2.60. The third kappa shape index (κ3) is 2.97. The number of nitrogens with zero attached hydrogens (tertiary/aromatic N) is 1. The van der Waals surface area contributed by atoms with Crippen molar-refractivity contribution < 1.29 is 9.90 Å². The van der Waals surface area contributed by atoms with E-state index in [0.717, 1.165) is 24.9 Å². The first kappa shape index (κ1) is 13.7. The highest BCUT2D eigenvalue weighted by atomic mass is 35.5. The van der Waals surface area contributed by atoms with E-state index in [0.29, 0.717) is 16.5 Å². The van der Waals surface area contributed by atoms with Crippen LogP contribution in [0.2, 0.25) is 10.0 Å². The number of aliphatic hydroxyl groups is 1. The highest BCUT2D eigenvalue weighted by Gasteiger charge is 2.27. The Hall–Kier alpha value is -0.770. The summed E-state index contributed by atoms with van der Waals surface area (Å²) in [5.41, 5.74) is 0.845. The second kappa shape index (κ2) is 5.91. The van der Waals surface area contributed by atoms with Crippen molar-refractivity contribution in [2.24, 2.45) is 0 Å². The number of carbonyl (C=O) groups is 1. The minimum absolute atomic E-state index is 0.0275. The number of rotatable bonds is 3. The normalized spacial score (nSPS) is 19.3. The molecule has 1 aromatic rings. The van der Waals surface area contributed by atoms with Crippen molar-refractivity contribution in [3.05, 3.63) is 33.8 Å². The molecule has 1 aromatic carbocycles. The van der Waals surface area contributed by atoms with E-state index in [1.165, 1.54) is 0 Å². The Morgan fingerprint density at radius 3 is 2.83 bits per heavy atom. The smallest absolute Gasteiger partial charge is 0.227 e. The molecular formula is C13H15Cl2NO2. The molecule has 5 heteroatoms. The second-order valence-electron chi connectivity index (χ2n) is 4.49. The highest BCUT2D eigenvalue weighted by molar-refractivity contribution is 6.42. The zero-order valence-corrected chi connectivity index (χ0v) is 11.4. The first-order valence-corrected chi connectivity index (χ1v) is 6.71. The van der Waals surface area contributed by atoms with Gasteiger partial charge in [0.25, 0.3) is 0 Å². The standard InChI is InChI=1S/C13H15Cl2NO2/c14-11-4-3-9(6-12(11)15)7-13(18)16-5-1-2-10(16)8-17/h3-4,6,10,17H,1-2,5,7-8H2/t10-/m1/s1. The van der Waals surface area contributed by atoms with Crippen LogP contribution in [0.4, 0.5) is 0 Å². The van der Waals surface area contributed by atoms with Gasteiger partial charge in [-0.3, -0.25) is 4.79 Å². The number of aliphatic hydroxyl groups excluding tert-OH is 1. The number of carbonyl (C=O) groups excluding carboxylic acids is 1. The third-order valence-corrected chi connectivity index (χ3v) is 3.99. The average molecular weight is 288 g/mol. The van der Waals surface area contributed by atoms with Crippen LogP contribution >= 0.6 is 23.2 Å². The van der Waals surface area contributed by atoms with Crippen LogP contribution in [0.25, 0.3) is 0 Å². The molecule has 0 saturated carbocycles. The van der Waals surface area contributed by atoms with Crippen molar-refractivity contribution in [3.63, 3.8) is 0 Å². The Balaban J connectivity index is 2.04. The molecule has 3 nitrogen and oxygen atoms in total. The zero-order chi connectivity index (χ0) is 13.1. The quantitative estimate of drug-likeness (QED) is 0.928. The summed E-state index contributed by atoms with van der Waals surface area (Å²) < 4.78 is 0. The van der Waals surface area contributed by atoms with Crippen LogP contribution in [0.1, 0.15) is 18.4 Å². The molecule has 1 amide bonds. The van der Waals surface area contributed by atoms with E-state index in [1.807, 2.05) is 0 Å². The number of amides is 1. The summed E-state index contributed by atoms with van der Waals surface area (Å²) in [5.74, 6) is 0.0324. The minimum Gasteiger partial charge on any atom is -0.394 e. The molecule has 1 atom stereocenters. The van der Waals surface area contributed by atoms with Gasteiger partial charge in [0.2, 0.25) is 5.91 Å². The number of halogens is 2. The van der Waals surface area contributed by atoms with Gasteiger partial charge in [-0.1, -0.05) is 29.3 Å². The molecule has 0 aromatic heterocycles. The monoisotopic (exact) mass is 287 g/mol. The lowest BCUT2D eigenvalue weighted by atomic mass is 10.1. The molecule has 1 heterocycles. The van der Waals surface area contributed by atoms with Gasteiger partial charge >= 0.3 is 0 Å². The summed E-state index contributed by atoms with van der Waals surface area (Å²) in [7, 11) is 0. The number of hydrogen-bond acceptors (Lipinski definition) is 2. The molecule has 2 rings (SSSR count). The van der Waals surface area contributed by atoms with Gasteiger partial charge < -0.3 is 10.0 Å². The van der Waals surface area contributed by atoms with E-state index in [9.17, 15) is 9.90 Å². The summed E-state index contributed by atoms with van der Waals surface area (Å²) in [5, 5.41) is 10.1. The van der Waals surface area contributed by atoms with Gasteiger partial charge in [-0.25, -0.2) is 0 Å². The summed E-state index contributed by atoms with van der Waals surface area (Å²) in [4.78, 5) is 13.9. The average Bonchev–Trinajstić information content (AvgIpc) is 2.82. The topological polar surface area (TPSA) is 40.5 Å². The highest BCUT2D eigenvalue weighted by Crippen LogP contribution is 2.24. The molecule has 0 bridgehead atoms. The summed E-state index contributed by atoms with van der Waals surface area (Å²) in [6, 6.07) is 5.18. The number of hydrogen-bond donors (Lipinski definition) is 1. The maximum absolute atomic E-state index is 12.1. The van der Waals surface area contributed by atoms with E-state index in [-0.39, 0.29) is 18.6 Å². The van der Waals surface area contributed by atoms with E-state index >= 15 is 0 Å². The van der Waals surface area contributed by atoms with Crippen molar-refractivity contribution in [2.45, 2.75) is 25.3 Å². The van der Waals surface area contributed by atoms with E-state index in [2.05, 4.69) is 0 Å². The minimum atomic E-state index is -0.0275. The van der Waals surface area contributed by atoms with Crippen molar-refractivity contribution >= 4 is 29.1 Å². The van der Waals surface area contributed by atoms with Gasteiger partial charge in [0.15, 0.2) is 0 Å². The van der Waals surface area contributed by atoms with Gasteiger partial charge in [0.1, 0.15) is 0 Å². The lowest BCUT2D eigenvalue weighted by molar-refractivity contribution is -0.131. The molecule has 0 aliphatic carbocycles. The van der Waals surface area contributed by atoms with Crippen LogP contribution in [0.15, 0.2) is 18.2 Å². The Kier molecular flexibility index (Phi) is 4.49. The zero-order valence-electron chi connectivity index (χ0n) is 9.90. The van der Waals surface area contributed by atoms with E-state index < -0.39 is 0 Å². The van der Waals surface area contributed by atoms with Gasteiger partial charge in [0.05, 0.1) is 29.1 Å². The summed E-state index contributed by atoms with van der Waals surface area (Å²) in [6.45, 7) is 0.762. The summed E-state index contributed by atoms with van der Waals surface area (Å²) >= 11 is 11.7. The molecule has 1 aliphatic rings. The molecule has 1 N–H and O–H groups in total. The van der Waals surface area contributed by atoms with Crippen molar-refractivity contribution in [3.8, 4) is 0 Å². The fourth-order valence-electron chi connectivity index (χ4n) is 2.28. The SMILES string of the molecule is O=C(Cc1ccc(Cl)c(Cl)c1)N1CCC[C@@H]1CO. The molecular weight excluding hydrogens is 273 g/mol. The van der Waals surface area contributed by atoms with Crippen LogP contribution in [-0.2, 0) is 11.2 Å². The molecule has 0 spiro atoms. The Labute approximate surface area is 116 Å². The van der Waals surface area contributed by atoms with Crippen LogP contribution in [-0.4, -0.2) is 35.1 Å². The second-order valence-corrected chi connectivity index (χ2v) is 5.31. The van der Waals surface area contributed by atoms with Gasteiger partial charge in [0, 0.05) is 6.54 Å².